The smallest absolute Gasteiger partial charge is 0.341 e. The molecule has 0 spiro atoms. The van der Waals surface area contributed by atoms with E-state index in [-0.39, 0.29) is 6.61 Å². The summed E-state index contributed by atoms with van der Waals surface area (Å²) >= 11 is 0. The first-order valence-electron chi connectivity index (χ1n) is 6.25. The van der Waals surface area contributed by atoms with Crippen molar-refractivity contribution >= 4 is 5.97 Å². The Kier molecular flexibility index (Phi) is 4.79. The molecule has 1 heterocycles. The highest BCUT2D eigenvalue weighted by Crippen LogP contribution is 2.17. The summed E-state index contributed by atoms with van der Waals surface area (Å²) in [6, 6.07) is 9.30. The summed E-state index contributed by atoms with van der Waals surface area (Å²) in [7, 11) is 3.23. The first-order chi connectivity index (χ1) is 9.74. The highest BCUT2D eigenvalue weighted by Gasteiger charge is 2.15. The molecule has 0 bridgehead atoms. The van der Waals surface area contributed by atoms with Gasteiger partial charge in [-0.05, 0) is 30.8 Å². The first-order valence-corrected chi connectivity index (χ1v) is 6.25. The van der Waals surface area contributed by atoms with Gasteiger partial charge in [-0.25, -0.2) is 4.79 Å². The maximum Gasteiger partial charge on any atom is 0.341 e. The average Bonchev–Trinajstić information content (AvgIpc) is 2.94. The van der Waals surface area contributed by atoms with Crippen molar-refractivity contribution in [3.05, 3.63) is 53.5 Å². The van der Waals surface area contributed by atoms with Gasteiger partial charge in [0, 0.05) is 6.54 Å². The number of hydrogen-bond donors (Lipinski definition) is 1. The molecule has 0 aliphatic rings. The van der Waals surface area contributed by atoms with Gasteiger partial charge in [0.05, 0.1) is 13.4 Å². The second-order valence-electron chi connectivity index (χ2n) is 4.21. The van der Waals surface area contributed by atoms with Crippen LogP contribution in [-0.2, 0) is 17.9 Å². The van der Waals surface area contributed by atoms with E-state index in [2.05, 4.69) is 10.1 Å². The van der Waals surface area contributed by atoms with Crippen LogP contribution in [0.3, 0.4) is 0 Å². The van der Waals surface area contributed by atoms with E-state index in [4.69, 9.17) is 9.15 Å². The van der Waals surface area contributed by atoms with Crippen LogP contribution in [0.1, 0.15) is 21.7 Å². The van der Waals surface area contributed by atoms with Crippen LogP contribution in [0, 0.1) is 0 Å². The lowest BCUT2D eigenvalue weighted by Gasteiger charge is -2.07. The van der Waals surface area contributed by atoms with E-state index in [1.54, 1.807) is 6.07 Å². The Hall–Kier alpha value is -2.27. The summed E-state index contributed by atoms with van der Waals surface area (Å²) in [4.78, 5) is 11.5. The lowest BCUT2D eigenvalue weighted by molar-refractivity contribution is 0.0595. The number of hydrogen-bond acceptors (Lipinski definition) is 5. The zero-order valence-electron chi connectivity index (χ0n) is 11.5. The normalized spacial score (nSPS) is 10.3. The van der Waals surface area contributed by atoms with Crippen LogP contribution in [0.25, 0.3) is 0 Å². The molecule has 0 saturated carbocycles. The fourth-order valence-corrected chi connectivity index (χ4v) is 1.80. The second kappa shape index (κ2) is 6.77. The number of ether oxygens (including phenoxy) is 2. The van der Waals surface area contributed by atoms with Gasteiger partial charge in [-0.2, -0.15) is 0 Å². The van der Waals surface area contributed by atoms with Gasteiger partial charge < -0.3 is 19.2 Å². The topological polar surface area (TPSA) is 60.7 Å². The van der Waals surface area contributed by atoms with Crippen LogP contribution < -0.4 is 10.1 Å². The molecular weight excluding hydrogens is 258 g/mol. The summed E-state index contributed by atoms with van der Waals surface area (Å²) in [5.74, 6) is 0.745. The average molecular weight is 275 g/mol. The van der Waals surface area contributed by atoms with E-state index in [9.17, 15) is 4.79 Å². The summed E-state index contributed by atoms with van der Waals surface area (Å²) in [5.41, 5.74) is 1.56. The van der Waals surface area contributed by atoms with Crippen LogP contribution in [0.4, 0.5) is 0 Å². The van der Waals surface area contributed by atoms with E-state index in [0.29, 0.717) is 11.3 Å². The van der Waals surface area contributed by atoms with Gasteiger partial charge >= 0.3 is 5.97 Å². The number of benzene rings is 1. The maximum atomic E-state index is 11.5. The molecule has 5 nitrogen and oxygen atoms in total. The molecule has 0 saturated heterocycles. The van der Waals surface area contributed by atoms with Crippen molar-refractivity contribution in [3.63, 3.8) is 0 Å². The Labute approximate surface area is 117 Å². The molecule has 2 rings (SSSR count). The molecule has 0 amide bonds. The Balaban J connectivity index is 1.98. The number of carbonyl (C=O) groups excluding carboxylic acids is 1. The SMILES string of the molecule is CNCc1ccc(OCc2occc2C(=O)OC)cc1. The van der Waals surface area contributed by atoms with E-state index in [1.165, 1.54) is 18.9 Å². The third-order valence-corrected chi connectivity index (χ3v) is 2.82. The number of esters is 1. The quantitative estimate of drug-likeness (QED) is 0.820. The van der Waals surface area contributed by atoms with Gasteiger partial charge in [0.25, 0.3) is 0 Å². The molecule has 106 valence electrons. The Morgan fingerprint density at radius 3 is 2.65 bits per heavy atom. The number of furan rings is 1. The second-order valence-corrected chi connectivity index (χ2v) is 4.21. The fraction of sp³-hybridized carbons (Fsp3) is 0.267. The Bertz CT molecular complexity index is 560. The van der Waals surface area contributed by atoms with Gasteiger partial charge in [0.1, 0.15) is 17.9 Å². The van der Waals surface area contributed by atoms with E-state index >= 15 is 0 Å². The highest BCUT2D eigenvalue weighted by molar-refractivity contribution is 5.90. The van der Waals surface area contributed by atoms with Gasteiger partial charge in [-0.15, -0.1) is 0 Å². The molecule has 0 atom stereocenters. The maximum absolute atomic E-state index is 11.5. The third kappa shape index (κ3) is 3.39. The molecule has 0 fully saturated rings. The monoisotopic (exact) mass is 275 g/mol. The predicted molar refractivity (Wildman–Crippen MR) is 73.6 cm³/mol. The zero-order chi connectivity index (χ0) is 14.4. The van der Waals surface area contributed by atoms with Crippen molar-refractivity contribution in [1.29, 1.82) is 0 Å². The predicted octanol–water partition coefficient (Wildman–Crippen LogP) is 2.36. The Morgan fingerprint density at radius 1 is 1.25 bits per heavy atom. The number of methoxy groups -OCH3 is 1. The van der Waals surface area contributed by atoms with E-state index in [0.717, 1.165) is 12.3 Å². The largest absolute Gasteiger partial charge is 0.486 e. The van der Waals surface area contributed by atoms with Crippen LogP contribution >= 0.6 is 0 Å². The van der Waals surface area contributed by atoms with Gasteiger partial charge in [-0.1, -0.05) is 12.1 Å². The van der Waals surface area contributed by atoms with Gasteiger partial charge in [-0.3, -0.25) is 0 Å². The van der Waals surface area contributed by atoms with Gasteiger partial charge in [0.2, 0.25) is 0 Å². The number of carbonyl (C=O) groups is 1. The minimum Gasteiger partial charge on any atom is -0.486 e. The molecule has 1 aromatic heterocycles. The fourth-order valence-electron chi connectivity index (χ4n) is 1.80. The minimum atomic E-state index is -0.429. The molecule has 1 aromatic carbocycles. The van der Waals surface area contributed by atoms with Crippen molar-refractivity contribution in [3.8, 4) is 5.75 Å². The number of rotatable bonds is 6. The van der Waals surface area contributed by atoms with Crippen LogP contribution in [0.15, 0.2) is 41.0 Å². The molecule has 20 heavy (non-hydrogen) atoms. The number of nitrogens with one attached hydrogen (secondary N) is 1. The molecule has 0 aliphatic heterocycles. The lowest BCUT2D eigenvalue weighted by atomic mass is 10.2. The van der Waals surface area contributed by atoms with Crippen LogP contribution in [0.5, 0.6) is 5.75 Å². The summed E-state index contributed by atoms with van der Waals surface area (Å²) < 4.78 is 15.5. The van der Waals surface area contributed by atoms with Gasteiger partial charge in [0.15, 0.2) is 5.76 Å². The zero-order valence-corrected chi connectivity index (χ0v) is 11.5. The van der Waals surface area contributed by atoms with Crippen LogP contribution in [-0.4, -0.2) is 20.1 Å². The Morgan fingerprint density at radius 2 is 2.00 bits per heavy atom. The van der Waals surface area contributed by atoms with E-state index < -0.39 is 5.97 Å². The van der Waals surface area contributed by atoms with Crippen LogP contribution in [0.2, 0.25) is 0 Å². The molecule has 0 radical (unpaired) electrons. The standard InChI is InChI=1S/C15H17NO4/c1-16-9-11-3-5-12(6-4-11)20-10-14-13(7-8-19-14)15(17)18-2/h3-8,16H,9-10H2,1-2H3. The minimum absolute atomic E-state index is 0.183. The first kappa shape index (κ1) is 14.1. The highest BCUT2D eigenvalue weighted by atomic mass is 16.5. The summed E-state index contributed by atoms with van der Waals surface area (Å²) in [6.45, 7) is 0.994. The summed E-state index contributed by atoms with van der Waals surface area (Å²) in [6.07, 6.45) is 1.45. The summed E-state index contributed by atoms with van der Waals surface area (Å²) in [5, 5.41) is 3.08. The van der Waals surface area contributed by atoms with Crippen molar-refractivity contribution in [2.24, 2.45) is 0 Å². The third-order valence-electron chi connectivity index (χ3n) is 2.82. The molecule has 0 aliphatic carbocycles. The van der Waals surface area contributed by atoms with Crippen molar-refractivity contribution < 1.29 is 18.7 Å². The molecule has 5 heteroatoms. The lowest BCUT2D eigenvalue weighted by Crippen LogP contribution is -2.06. The molecule has 1 N–H and O–H groups in total. The van der Waals surface area contributed by atoms with Crippen molar-refractivity contribution in [1.82, 2.24) is 5.32 Å². The molecule has 0 unspecified atom stereocenters. The molecule has 2 aromatic rings. The van der Waals surface area contributed by atoms with E-state index in [1.807, 2.05) is 31.3 Å². The van der Waals surface area contributed by atoms with Crippen molar-refractivity contribution in [2.75, 3.05) is 14.2 Å². The molecular formula is C15H17NO4. The van der Waals surface area contributed by atoms with Crippen molar-refractivity contribution in [2.45, 2.75) is 13.2 Å².